The Labute approximate surface area is 207 Å². The summed E-state index contributed by atoms with van der Waals surface area (Å²) in [6, 6.07) is 5.45. The zero-order valence-electron chi connectivity index (χ0n) is 21.0. The van der Waals surface area contributed by atoms with Crippen molar-refractivity contribution < 1.29 is 24.0 Å². The average molecular weight is 484 g/mol. The van der Waals surface area contributed by atoms with Gasteiger partial charge >= 0.3 is 6.16 Å². The highest BCUT2D eigenvalue weighted by atomic mass is 16.7. The molecule has 0 N–H and O–H groups in total. The lowest BCUT2D eigenvalue weighted by Gasteiger charge is -2.61. The lowest BCUT2D eigenvalue weighted by molar-refractivity contribution is -0.384. The largest absolute Gasteiger partial charge is 0.514 e. The number of hydrogen-bond acceptors (Lipinski definition) is 6. The maximum absolute atomic E-state index is 12.4. The minimum absolute atomic E-state index is 0.0506. The van der Waals surface area contributed by atoms with Crippen LogP contribution in [0.5, 0.6) is 5.75 Å². The first-order chi connectivity index (χ1) is 16.6. The second kappa shape index (κ2) is 8.90. The van der Waals surface area contributed by atoms with E-state index in [1.54, 1.807) is 6.92 Å². The maximum Gasteiger partial charge on any atom is 0.514 e. The molecule has 0 saturated heterocycles. The predicted octanol–water partition coefficient (Wildman–Crippen LogP) is 6.73. The fourth-order valence-corrected chi connectivity index (χ4v) is 8.89. The van der Waals surface area contributed by atoms with Gasteiger partial charge in [-0.2, -0.15) is 0 Å². The van der Waals surface area contributed by atoms with E-state index in [9.17, 15) is 19.7 Å². The summed E-state index contributed by atoms with van der Waals surface area (Å²) in [4.78, 5) is 35.1. The van der Waals surface area contributed by atoms with Gasteiger partial charge in [0.05, 0.1) is 4.92 Å². The number of Topliss-reactive ketones (excluding diaryl/α,β-unsaturated/α-hetero) is 1. The number of ketones is 1. The van der Waals surface area contributed by atoms with E-state index in [1.165, 1.54) is 43.5 Å². The number of nitrogens with zero attached hydrogens (tertiary/aromatic N) is 1. The van der Waals surface area contributed by atoms with Crippen molar-refractivity contribution in [1.29, 1.82) is 0 Å². The molecule has 0 amide bonds. The molecule has 4 aliphatic carbocycles. The van der Waals surface area contributed by atoms with E-state index in [-0.39, 0.29) is 34.3 Å². The molecule has 7 heteroatoms. The molecule has 1 aromatic rings. The van der Waals surface area contributed by atoms with Crippen LogP contribution in [0.15, 0.2) is 24.3 Å². The molecule has 0 aromatic heterocycles. The second-order valence-electron chi connectivity index (χ2n) is 12.1. The van der Waals surface area contributed by atoms with Crippen molar-refractivity contribution in [3.63, 3.8) is 0 Å². The lowest BCUT2D eigenvalue weighted by Crippen LogP contribution is -2.54. The summed E-state index contributed by atoms with van der Waals surface area (Å²) in [7, 11) is 0. The van der Waals surface area contributed by atoms with Gasteiger partial charge < -0.3 is 9.47 Å². The molecular formula is C28H37NO6. The molecule has 0 unspecified atom stereocenters. The molecule has 4 fully saturated rings. The highest BCUT2D eigenvalue weighted by Crippen LogP contribution is 2.67. The first-order valence-electron chi connectivity index (χ1n) is 13.2. The van der Waals surface area contributed by atoms with E-state index >= 15 is 0 Å². The summed E-state index contributed by atoms with van der Waals surface area (Å²) in [6.07, 6.45) is 8.87. The Kier molecular flexibility index (Phi) is 6.17. The molecule has 190 valence electrons. The third kappa shape index (κ3) is 4.15. The Morgan fingerprint density at radius 3 is 2.31 bits per heavy atom. The van der Waals surface area contributed by atoms with Crippen LogP contribution in [0.1, 0.15) is 78.6 Å². The fraction of sp³-hybridized carbons (Fsp3) is 0.714. The number of carbonyl (C=O) groups is 2. The van der Waals surface area contributed by atoms with E-state index in [4.69, 9.17) is 9.47 Å². The van der Waals surface area contributed by atoms with Crippen molar-refractivity contribution in [2.24, 2.45) is 40.4 Å². The Morgan fingerprint density at radius 1 is 0.943 bits per heavy atom. The molecule has 5 rings (SSSR count). The zero-order chi connectivity index (χ0) is 25.0. The van der Waals surface area contributed by atoms with E-state index in [1.807, 2.05) is 0 Å². The quantitative estimate of drug-likeness (QED) is 0.204. The zero-order valence-corrected chi connectivity index (χ0v) is 21.0. The van der Waals surface area contributed by atoms with Gasteiger partial charge in [-0.1, -0.05) is 13.8 Å². The molecule has 0 aliphatic heterocycles. The van der Waals surface area contributed by atoms with Crippen molar-refractivity contribution >= 4 is 17.6 Å². The van der Waals surface area contributed by atoms with Gasteiger partial charge in [-0.05, 0) is 111 Å². The first kappa shape index (κ1) is 24.3. The third-order valence-corrected chi connectivity index (χ3v) is 10.6. The molecule has 0 heterocycles. The summed E-state index contributed by atoms with van der Waals surface area (Å²) in [5, 5.41) is 10.8. The van der Waals surface area contributed by atoms with Crippen LogP contribution < -0.4 is 4.74 Å². The highest BCUT2D eigenvalue weighted by Gasteiger charge is 2.61. The Hall–Kier alpha value is -2.44. The number of non-ortho nitro benzene ring substituents is 1. The molecular weight excluding hydrogens is 446 g/mol. The SMILES string of the molecule is CC(=O)[C@H]1CC[C@H]2[C@@H]3CC[C@H]4C[C@H](OC(=O)Oc5ccc([N+](=O)[O-])cc5)CC[C@]4(C)[C@H]3CC[C@]12C. The molecule has 7 nitrogen and oxygen atoms in total. The number of benzene rings is 1. The summed E-state index contributed by atoms with van der Waals surface area (Å²) in [6.45, 7) is 6.65. The van der Waals surface area contributed by atoms with E-state index in [0.717, 1.165) is 38.5 Å². The second-order valence-corrected chi connectivity index (χ2v) is 12.1. The number of hydrogen-bond donors (Lipinski definition) is 0. The number of fused-ring (bicyclic) bond motifs is 5. The average Bonchev–Trinajstić information content (AvgIpc) is 3.17. The normalized spacial score (nSPS) is 40.1. The fourth-order valence-electron chi connectivity index (χ4n) is 8.89. The van der Waals surface area contributed by atoms with E-state index < -0.39 is 11.1 Å². The van der Waals surface area contributed by atoms with Gasteiger partial charge in [-0.3, -0.25) is 14.9 Å². The van der Waals surface area contributed by atoms with Crippen LogP contribution in [0.4, 0.5) is 10.5 Å². The summed E-state index contributed by atoms with van der Waals surface area (Å²) in [5.41, 5.74) is 0.393. The van der Waals surface area contributed by atoms with Crippen LogP contribution in [0.2, 0.25) is 0 Å². The van der Waals surface area contributed by atoms with E-state index in [2.05, 4.69) is 13.8 Å². The number of carbonyl (C=O) groups excluding carboxylic acids is 2. The Bertz CT molecular complexity index is 1010. The minimum Gasteiger partial charge on any atom is -0.431 e. The van der Waals surface area contributed by atoms with Gasteiger partial charge in [0.2, 0.25) is 0 Å². The highest BCUT2D eigenvalue weighted by molar-refractivity contribution is 5.79. The molecule has 8 atom stereocenters. The number of nitro groups is 1. The van der Waals surface area contributed by atoms with Gasteiger partial charge in [0.25, 0.3) is 5.69 Å². The first-order valence-corrected chi connectivity index (χ1v) is 13.2. The van der Waals surface area contributed by atoms with Crippen LogP contribution >= 0.6 is 0 Å². The minimum atomic E-state index is -0.740. The maximum atomic E-state index is 12.4. The van der Waals surface area contributed by atoms with Crippen molar-refractivity contribution in [1.82, 2.24) is 0 Å². The van der Waals surface area contributed by atoms with Crippen molar-refractivity contribution in [2.45, 2.75) is 84.7 Å². The molecule has 35 heavy (non-hydrogen) atoms. The lowest BCUT2D eigenvalue weighted by atomic mass is 9.44. The van der Waals surface area contributed by atoms with Gasteiger partial charge in [-0.15, -0.1) is 0 Å². The van der Waals surface area contributed by atoms with Crippen molar-refractivity contribution in [2.75, 3.05) is 0 Å². The van der Waals surface area contributed by atoms with Crippen molar-refractivity contribution in [3.8, 4) is 5.75 Å². The topological polar surface area (TPSA) is 95.7 Å². The van der Waals surface area contributed by atoms with Gasteiger partial charge in [0.1, 0.15) is 17.6 Å². The van der Waals surface area contributed by atoms with Crippen LogP contribution in [0, 0.1) is 50.5 Å². The van der Waals surface area contributed by atoms with Gasteiger partial charge in [-0.25, -0.2) is 4.79 Å². The third-order valence-electron chi connectivity index (χ3n) is 10.6. The molecule has 0 bridgehead atoms. The smallest absolute Gasteiger partial charge is 0.431 e. The van der Waals surface area contributed by atoms with Crippen LogP contribution in [-0.4, -0.2) is 23.0 Å². The monoisotopic (exact) mass is 483 g/mol. The standard InChI is InChI=1S/C28H37NO6/c1-17(30)23-10-11-24-22-9-4-18-16-21(12-14-27(18,2)25(22)13-15-28(23,24)3)35-26(31)34-20-7-5-19(6-8-20)29(32)33/h5-8,18,21-25H,4,9-16H2,1-3H3/t18-,21+,22-,23+,24-,25-,27-,28+/m0/s1. The van der Waals surface area contributed by atoms with Gasteiger partial charge in [0.15, 0.2) is 0 Å². The summed E-state index contributed by atoms with van der Waals surface area (Å²) < 4.78 is 11.0. The number of nitro benzene ring substituents is 1. The van der Waals surface area contributed by atoms with Crippen LogP contribution in [0.25, 0.3) is 0 Å². The molecule has 0 radical (unpaired) electrons. The predicted molar refractivity (Wildman–Crippen MR) is 130 cm³/mol. The number of rotatable bonds is 4. The van der Waals surface area contributed by atoms with E-state index in [0.29, 0.717) is 29.5 Å². The molecule has 1 aromatic carbocycles. The van der Waals surface area contributed by atoms with Crippen LogP contribution in [-0.2, 0) is 9.53 Å². The molecule has 4 saturated carbocycles. The molecule has 4 aliphatic rings. The van der Waals surface area contributed by atoms with Gasteiger partial charge in [0, 0.05) is 18.1 Å². The molecule has 0 spiro atoms. The number of ether oxygens (including phenoxy) is 2. The Balaban J connectivity index is 1.21. The summed E-state index contributed by atoms with van der Waals surface area (Å²) in [5.74, 6) is 3.47. The van der Waals surface area contributed by atoms with Crippen molar-refractivity contribution in [3.05, 3.63) is 34.4 Å². The summed E-state index contributed by atoms with van der Waals surface area (Å²) >= 11 is 0. The Morgan fingerprint density at radius 2 is 1.63 bits per heavy atom. The van der Waals surface area contributed by atoms with Crippen LogP contribution in [0.3, 0.4) is 0 Å².